The lowest BCUT2D eigenvalue weighted by atomic mass is 10.1. The first-order chi connectivity index (χ1) is 15.4. The highest BCUT2D eigenvalue weighted by molar-refractivity contribution is 8.00. The lowest BCUT2D eigenvalue weighted by Gasteiger charge is -2.16. The number of anilines is 1. The summed E-state index contributed by atoms with van der Waals surface area (Å²) >= 11 is 1.34. The van der Waals surface area contributed by atoms with E-state index in [4.69, 9.17) is 0 Å². The molecule has 0 radical (unpaired) electrons. The minimum Gasteiger partial charge on any atom is -0.325 e. The van der Waals surface area contributed by atoms with Crippen LogP contribution in [-0.4, -0.2) is 46.9 Å². The summed E-state index contributed by atoms with van der Waals surface area (Å²) in [5.74, 6) is -0.190. The summed E-state index contributed by atoms with van der Waals surface area (Å²) in [6.07, 6.45) is 3.28. The Labute approximate surface area is 192 Å². The topological polar surface area (TPSA) is 92.3 Å². The largest absolute Gasteiger partial charge is 0.325 e. The van der Waals surface area contributed by atoms with Gasteiger partial charge in [-0.2, -0.15) is 4.31 Å². The normalized spacial score (nSPS) is 15.4. The minimum absolute atomic E-state index is 0.190. The van der Waals surface area contributed by atoms with E-state index in [1.807, 2.05) is 36.4 Å². The summed E-state index contributed by atoms with van der Waals surface area (Å²) in [6.45, 7) is 2.92. The van der Waals surface area contributed by atoms with E-state index in [9.17, 15) is 13.2 Å². The van der Waals surface area contributed by atoms with E-state index in [1.165, 1.54) is 34.5 Å². The molecule has 2 aromatic carbocycles. The Kier molecular flexibility index (Phi) is 6.88. The molecule has 0 spiro atoms. The Morgan fingerprint density at radius 3 is 2.41 bits per heavy atom. The summed E-state index contributed by atoms with van der Waals surface area (Å²) in [7, 11) is -3.47. The number of carbonyl (C=O) groups is 1. The van der Waals surface area contributed by atoms with E-state index in [-0.39, 0.29) is 10.8 Å². The molecular formula is C23H24N4O3S2. The molecule has 1 amide bonds. The Bertz CT molecular complexity index is 1180. The second-order valence-electron chi connectivity index (χ2n) is 7.49. The standard InChI is InChI=1S/C23H24N4O3S2/c1-17(31-22-15-21(24-16-25-22)18-7-3-2-4-8-18)23(28)26-19-9-11-20(12-10-19)32(29,30)27-13-5-6-14-27/h2-4,7-12,15-17H,5-6,13-14H2,1H3,(H,26,28). The molecule has 1 fully saturated rings. The fourth-order valence-electron chi connectivity index (χ4n) is 3.44. The minimum atomic E-state index is -3.47. The number of rotatable bonds is 7. The molecule has 1 atom stereocenters. The zero-order valence-corrected chi connectivity index (χ0v) is 19.3. The van der Waals surface area contributed by atoms with Gasteiger partial charge < -0.3 is 5.32 Å². The molecule has 4 rings (SSSR count). The molecule has 7 nitrogen and oxygen atoms in total. The summed E-state index contributed by atoms with van der Waals surface area (Å²) in [4.78, 5) is 21.5. The van der Waals surface area contributed by atoms with E-state index >= 15 is 0 Å². The number of aromatic nitrogens is 2. The number of thioether (sulfide) groups is 1. The number of amides is 1. The van der Waals surface area contributed by atoms with Crippen molar-refractivity contribution in [3.63, 3.8) is 0 Å². The van der Waals surface area contributed by atoms with Crippen molar-refractivity contribution in [2.24, 2.45) is 0 Å². The van der Waals surface area contributed by atoms with Gasteiger partial charge in [0.15, 0.2) is 0 Å². The van der Waals surface area contributed by atoms with Crippen LogP contribution in [0.3, 0.4) is 0 Å². The van der Waals surface area contributed by atoms with Gasteiger partial charge in [-0.3, -0.25) is 4.79 Å². The maximum atomic E-state index is 12.7. The number of hydrogen-bond donors (Lipinski definition) is 1. The Morgan fingerprint density at radius 2 is 1.72 bits per heavy atom. The third kappa shape index (κ3) is 5.17. The number of nitrogens with zero attached hydrogens (tertiary/aromatic N) is 3. The molecule has 1 aromatic heterocycles. The average Bonchev–Trinajstić information content (AvgIpc) is 3.36. The SMILES string of the molecule is CC(Sc1cc(-c2ccccc2)ncn1)C(=O)Nc1ccc(S(=O)(=O)N2CCCC2)cc1. The second kappa shape index (κ2) is 9.81. The molecule has 2 heterocycles. The van der Waals surface area contributed by atoms with Crippen LogP contribution < -0.4 is 5.32 Å². The molecule has 1 N–H and O–H groups in total. The quantitative estimate of drug-likeness (QED) is 0.415. The molecule has 0 aliphatic carbocycles. The predicted octanol–water partition coefficient (Wildman–Crippen LogP) is 4.05. The van der Waals surface area contributed by atoms with Gasteiger partial charge in [-0.25, -0.2) is 18.4 Å². The summed E-state index contributed by atoms with van der Waals surface area (Å²) in [5.41, 5.74) is 2.33. The highest BCUT2D eigenvalue weighted by Gasteiger charge is 2.27. The van der Waals surface area contributed by atoms with Crippen molar-refractivity contribution in [3.05, 3.63) is 67.0 Å². The molecule has 9 heteroatoms. The lowest BCUT2D eigenvalue weighted by Crippen LogP contribution is -2.27. The molecule has 3 aromatic rings. The average molecular weight is 469 g/mol. The number of nitrogens with one attached hydrogen (secondary N) is 1. The van der Waals surface area contributed by atoms with Gasteiger partial charge in [0.25, 0.3) is 0 Å². The Hall–Kier alpha value is -2.75. The van der Waals surface area contributed by atoms with Crippen molar-refractivity contribution in [2.75, 3.05) is 18.4 Å². The van der Waals surface area contributed by atoms with Crippen molar-refractivity contribution in [3.8, 4) is 11.3 Å². The van der Waals surface area contributed by atoms with Gasteiger partial charge >= 0.3 is 0 Å². The van der Waals surface area contributed by atoms with Crippen LogP contribution in [0.1, 0.15) is 19.8 Å². The van der Waals surface area contributed by atoms with Crippen molar-refractivity contribution in [1.29, 1.82) is 0 Å². The number of carbonyl (C=O) groups excluding carboxylic acids is 1. The van der Waals surface area contributed by atoms with E-state index in [0.717, 1.165) is 24.1 Å². The van der Waals surface area contributed by atoms with Crippen LogP contribution in [0, 0.1) is 0 Å². The monoisotopic (exact) mass is 468 g/mol. The molecule has 1 unspecified atom stereocenters. The van der Waals surface area contributed by atoms with Gasteiger partial charge in [0.2, 0.25) is 15.9 Å². The van der Waals surface area contributed by atoms with Crippen LogP contribution >= 0.6 is 11.8 Å². The third-order valence-corrected chi connectivity index (χ3v) is 8.15. The van der Waals surface area contributed by atoms with Crippen molar-refractivity contribution in [2.45, 2.75) is 34.9 Å². The molecule has 0 bridgehead atoms. The van der Waals surface area contributed by atoms with Gasteiger partial charge in [0.05, 0.1) is 15.8 Å². The second-order valence-corrected chi connectivity index (χ2v) is 10.8. The molecule has 32 heavy (non-hydrogen) atoms. The highest BCUT2D eigenvalue weighted by Crippen LogP contribution is 2.26. The van der Waals surface area contributed by atoms with Crippen LogP contribution in [0.2, 0.25) is 0 Å². The number of benzene rings is 2. The predicted molar refractivity (Wildman–Crippen MR) is 126 cm³/mol. The van der Waals surface area contributed by atoms with Crippen LogP contribution in [0.5, 0.6) is 0 Å². The van der Waals surface area contributed by atoms with Crippen molar-refractivity contribution in [1.82, 2.24) is 14.3 Å². The van der Waals surface area contributed by atoms with Gasteiger partial charge in [-0.15, -0.1) is 0 Å². The molecule has 166 valence electrons. The third-order valence-electron chi connectivity index (χ3n) is 5.20. The molecule has 1 saturated heterocycles. The van der Waals surface area contributed by atoms with E-state index in [2.05, 4.69) is 15.3 Å². The van der Waals surface area contributed by atoms with Crippen molar-refractivity contribution >= 4 is 33.4 Å². The van der Waals surface area contributed by atoms with Crippen LogP contribution in [-0.2, 0) is 14.8 Å². The van der Waals surface area contributed by atoms with E-state index < -0.39 is 15.3 Å². The number of hydrogen-bond acceptors (Lipinski definition) is 6. The van der Waals surface area contributed by atoms with Gasteiger partial charge in [-0.1, -0.05) is 42.1 Å². The first-order valence-corrected chi connectivity index (χ1v) is 12.7. The van der Waals surface area contributed by atoms with Gasteiger partial charge in [0, 0.05) is 24.3 Å². The van der Waals surface area contributed by atoms with Gasteiger partial charge in [0.1, 0.15) is 11.4 Å². The summed E-state index contributed by atoms with van der Waals surface area (Å²) < 4.78 is 26.8. The molecular weight excluding hydrogens is 444 g/mol. The zero-order valence-electron chi connectivity index (χ0n) is 17.6. The summed E-state index contributed by atoms with van der Waals surface area (Å²) in [5, 5.41) is 3.15. The maximum Gasteiger partial charge on any atom is 0.243 e. The fraction of sp³-hybridized carbons (Fsp3) is 0.261. The van der Waals surface area contributed by atoms with E-state index in [1.54, 1.807) is 19.1 Å². The summed E-state index contributed by atoms with van der Waals surface area (Å²) in [6, 6.07) is 18.0. The maximum absolute atomic E-state index is 12.7. The van der Waals surface area contributed by atoms with Crippen LogP contribution in [0.4, 0.5) is 5.69 Å². The van der Waals surface area contributed by atoms with Crippen LogP contribution in [0.15, 0.2) is 76.9 Å². The Balaban J connectivity index is 1.39. The van der Waals surface area contributed by atoms with Gasteiger partial charge in [-0.05, 0) is 50.1 Å². The molecule has 1 aliphatic rings. The van der Waals surface area contributed by atoms with Crippen molar-refractivity contribution < 1.29 is 13.2 Å². The fourth-order valence-corrected chi connectivity index (χ4v) is 5.77. The molecule has 0 saturated carbocycles. The zero-order chi connectivity index (χ0) is 22.6. The molecule has 1 aliphatic heterocycles. The lowest BCUT2D eigenvalue weighted by molar-refractivity contribution is -0.115. The Morgan fingerprint density at radius 1 is 1.03 bits per heavy atom. The highest BCUT2D eigenvalue weighted by atomic mass is 32.2. The first-order valence-electron chi connectivity index (χ1n) is 10.4. The number of sulfonamides is 1. The van der Waals surface area contributed by atoms with Crippen LogP contribution in [0.25, 0.3) is 11.3 Å². The first kappa shape index (κ1) is 22.4. The van der Waals surface area contributed by atoms with E-state index in [0.29, 0.717) is 23.8 Å². The smallest absolute Gasteiger partial charge is 0.243 e.